The summed E-state index contributed by atoms with van der Waals surface area (Å²) < 4.78 is 1.47. The van der Waals surface area contributed by atoms with Gasteiger partial charge in [0.05, 0.1) is 11.4 Å². The molecule has 4 rings (SSSR count). The van der Waals surface area contributed by atoms with E-state index in [4.69, 9.17) is 0 Å². The zero-order chi connectivity index (χ0) is 24.8. The summed E-state index contributed by atoms with van der Waals surface area (Å²) >= 11 is 0. The fourth-order valence-electron chi connectivity index (χ4n) is 4.64. The Morgan fingerprint density at radius 2 is 1.83 bits per heavy atom. The molecule has 2 aromatic carbocycles. The van der Waals surface area contributed by atoms with Gasteiger partial charge in [0, 0.05) is 36.2 Å². The van der Waals surface area contributed by atoms with Gasteiger partial charge in [0.25, 0.3) is 0 Å². The molecule has 35 heavy (non-hydrogen) atoms. The van der Waals surface area contributed by atoms with Crippen LogP contribution in [0.25, 0.3) is 11.3 Å². The lowest BCUT2D eigenvalue weighted by Crippen LogP contribution is -2.32. The van der Waals surface area contributed by atoms with E-state index < -0.39 is 0 Å². The average Bonchev–Trinajstić information content (AvgIpc) is 3.49. The summed E-state index contributed by atoms with van der Waals surface area (Å²) in [6.45, 7) is 4.48. The van der Waals surface area contributed by atoms with Crippen LogP contribution in [0.4, 0.5) is 10.5 Å². The molecule has 0 atom stereocenters. The van der Waals surface area contributed by atoms with Crippen molar-refractivity contribution in [1.29, 1.82) is 0 Å². The minimum absolute atomic E-state index is 0.0134. The SMILES string of the molecule is CC(C)CC(=O)Nc1ccc(-c2cc(C3CCCC3)n(C(=O)NCCc3ccccc3)n2)c(O)c1. The Morgan fingerprint density at radius 1 is 1.09 bits per heavy atom. The first-order valence-electron chi connectivity index (χ1n) is 12.5. The van der Waals surface area contributed by atoms with Gasteiger partial charge in [-0.1, -0.05) is 57.0 Å². The van der Waals surface area contributed by atoms with Crippen molar-refractivity contribution in [2.45, 2.75) is 58.3 Å². The fraction of sp³-hybridized carbons (Fsp3) is 0.393. The Labute approximate surface area is 206 Å². The second kappa shape index (κ2) is 11.2. The second-order valence-corrected chi connectivity index (χ2v) is 9.69. The molecule has 7 nitrogen and oxygen atoms in total. The number of hydrogen-bond acceptors (Lipinski definition) is 4. The highest BCUT2D eigenvalue weighted by atomic mass is 16.3. The summed E-state index contributed by atoms with van der Waals surface area (Å²) in [7, 11) is 0. The molecule has 184 valence electrons. The predicted octanol–water partition coefficient (Wildman–Crippen LogP) is 5.70. The minimum Gasteiger partial charge on any atom is -0.507 e. The number of aromatic hydroxyl groups is 1. The molecule has 1 aromatic heterocycles. The lowest BCUT2D eigenvalue weighted by atomic mass is 10.0. The molecule has 0 unspecified atom stereocenters. The Balaban J connectivity index is 1.52. The van der Waals surface area contributed by atoms with Gasteiger partial charge in [-0.25, -0.2) is 4.79 Å². The monoisotopic (exact) mass is 474 g/mol. The number of amides is 2. The van der Waals surface area contributed by atoms with E-state index in [-0.39, 0.29) is 29.5 Å². The number of aromatic nitrogens is 2. The van der Waals surface area contributed by atoms with Crippen LogP contribution in [-0.2, 0) is 11.2 Å². The van der Waals surface area contributed by atoms with Gasteiger partial charge in [0.2, 0.25) is 5.91 Å². The topological polar surface area (TPSA) is 96.3 Å². The number of benzene rings is 2. The highest BCUT2D eigenvalue weighted by Crippen LogP contribution is 2.38. The largest absolute Gasteiger partial charge is 0.507 e. The minimum atomic E-state index is -0.258. The van der Waals surface area contributed by atoms with Crippen LogP contribution in [0.1, 0.15) is 63.1 Å². The molecule has 0 saturated heterocycles. The molecule has 1 aliphatic rings. The first-order valence-corrected chi connectivity index (χ1v) is 12.5. The van der Waals surface area contributed by atoms with Crippen LogP contribution >= 0.6 is 0 Å². The Kier molecular flexibility index (Phi) is 7.85. The van der Waals surface area contributed by atoms with Crippen molar-refractivity contribution in [1.82, 2.24) is 15.1 Å². The van der Waals surface area contributed by atoms with Crippen LogP contribution in [-0.4, -0.2) is 33.4 Å². The van der Waals surface area contributed by atoms with E-state index in [0.29, 0.717) is 29.9 Å². The third kappa shape index (κ3) is 6.29. The van der Waals surface area contributed by atoms with Crippen molar-refractivity contribution in [3.8, 4) is 17.0 Å². The van der Waals surface area contributed by atoms with Crippen molar-refractivity contribution >= 4 is 17.6 Å². The van der Waals surface area contributed by atoms with Gasteiger partial charge in [0.1, 0.15) is 5.75 Å². The number of carbonyl (C=O) groups is 2. The Morgan fingerprint density at radius 3 is 2.51 bits per heavy atom. The van der Waals surface area contributed by atoms with E-state index in [1.165, 1.54) is 10.7 Å². The maximum atomic E-state index is 13.1. The molecular weight excluding hydrogens is 440 g/mol. The number of nitrogens with one attached hydrogen (secondary N) is 2. The molecule has 1 aliphatic carbocycles. The van der Waals surface area contributed by atoms with Crippen LogP contribution in [0.3, 0.4) is 0 Å². The number of carbonyl (C=O) groups excluding carboxylic acids is 2. The molecule has 2 amide bonds. The van der Waals surface area contributed by atoms with Crippen molar-refractivity contribution in [2.24, 2.45) is 5.92 Å². The van der Waals surface area contributed by atoms with E-state index in [0.717, 1.165) is 43.4 Å². The maximum absolute atomic E-state index is 13.1. The van der Waals surface area contributed by atoms with Gasteiger partial charge in [-0.3, -0.25) is 4.79 Å². The summed E-state index contributed by atoms with van der Waals surface area (Å²) in [4.78, 5) is 25.2. The zero-order valence-electron chi connectivity index (χ0n) is 20.5. The molecule has 3 aromatic rings. The highest BCUT2D eigenvalue weighted by Gasteiger charge is 2.26. The fourth-order valence-corrected chi connectivity index (χ4v) is 4.64. The molecule has 7 heteroatoms. The van der Waals surface area contributed by atoms with Crippen LogP contribution < -0.4 is 10.6 Å². The van der Waals surface area contributed by atoms with Gasteiger partial charge in [-0.15, -0.1) is 0 Å². The molecule has 3 N–H and O–H groups in total. The molecule has 0 aliphatic heterocycles. The standard InChI is InChI=1S/C28H34N4O3/c1-19(2)16-27(34)30-22-12-13-23(26(33)17-22)24-18-25(21-10-6-7-11-21)32(31-24)28(35)29-15-14-20-8-4-3-5-9-20/h3-5,8-9,12-13,17-19,21,33H,6-7,10-11,14-16H2,1-2H3,(H,29,35)(H,30,34). The molecule has 1 saturated carbocycles. The molecule has 1 heterocycles. The summed E-state index contributed by atoms with van der Waals surface area (Å²) in [6.07, 6.45) is 5.47. The Bertz CT molecular complexity index is 1160. The molecular formula is C28H34N4O3. The van der Waals surface area contributed by atoms with E-state index >= 15 is 0 Å². The first-order chi connectivity index (χ1) is 16.9. The van der Waals surface area contributed by atoms with Crippen molar-refractivity contribution in [3.63, 3.8) is 0 Å². The number of phenolic OH excluding ortho intramolecular Hbond substituents is 1. The van der Waals surface area contributed by atoms with E-state index in [2.05, 4.69) is 15.7 Å². The third-order valence-electron chi connectivity index (χ3n) is 6.39. The zero-order valence-corrected chi connectivity index (χ0v) is 20.5. The maximum Gasteiger partial charge on any atom is 0.342 e. The van der Waals surface area contributed by atoms with Gasteiger partial charge < -0.3 is 15.7 Å². The van der Waals surface area contributed by atoms with E-state index in [1.54, 1.807) is 12.1 Å². The van der Waals surface area contributed by atoms with Crippen LogP contribution in [0, 0.1) is 5.92 Å². The lowest BCUT2D eigenvalue weighted by molar-refractivity contribution is -0.116. The van der Waals surface area contributed by atoms with Crippen LogP contribution in [0.2, 0.25) is 0 Å². The summed E-state index contributed by atoms with van der Waals surface area (Å²) in [5.74, 6) is 0.444. The normalized spacial score (nSPS) is 13.8. The highest BCUT2D eigenvalue weighted by molar-refractivity contribution is 5.91. The smallest absolute Gasteiger partial charge is 0.342 e. The third-order valence-corrected chi connectivity index (χ3v) is 6.39. The first kappa shape index (κ1) is 24.5. The summed E-state index contributed by atoms with van der Waals surface area (Å²) in [5.41, 5.74) is 3.65. The number of hydrogen-bond donors (Lipinski definition) is 3. The summed E-state index contributed by atoms with van der Waals surface area (Å²) in [5, 5.41) is 21.1. The summed E-state index contributed by atoms with van der Waals surface area (Å²) in [6, 6.07) is 16.7. The van der Waals surface area contributed by atoms with Gasteiger partial charge in [-0.2, -0.15) is 9.78 Å². The second-order valence-electron chi connectivity index (χ2n) is 9.69. The Hall–Kier alpha value is -3.61. The van der Waals surface area contributed by atoms with E-state index in [1.807, 2.05) is 50.2 Å². The number of phenols is 1. The number of nitrogens with zero attached hydrogens (tertiary/aromatic N) is 2. The number of anilines is 1. The predicted molar refractivity (Wildman–Crippen MR) is 138 cm³/mol. The molecule has 0 spiro atoms. The number of rotatable bonds is 8. The molecule has 0 radical (unpaired) electrons. The van der Waals surface area contributed by atoms with Crippen LogP contribution in [0.5, 0.6) is 5.75 Å². The van der Waals surface area contributed by atoms with E-state index in [9.17, 15) is 14.7 Å². The molecule has 0 bridgehead atoms. The van der Waals surface area contributed by atoms with Crippen molar-refractivity contribution in [2.75, 3.05) is 11.9 Å². The van der Waals surface area contributed by atoms with Gasteiger partial charge in [0.15, 0.2) is 0 Å². The molecule has 1 fully saturated rings. The average molecular weight is 475 g/mol. The quantitative estimate of drug-likeness (QED) is 0.390. The van der Waals surface area contributed by atoms with Crippen molar-refractivity contribution < 1.29 is 14.7 Å². The van der Waals surface area contributed by atoms with Gasteiger partial charge in [-0.05, 0) is 48.9 Å². The van der Waals surface area contributed by atoms with Crippen molar-refractivity contribution in [3.05, 3.63) is 65.9 Å². The van der Waals surface area contributed by atoms with Crippen LogP contribution in [0.15, 0.2) is 54.6 Å². The van der Waals surface area contributed by atoms with Gasteiger partial charge >= 0.3 is 6.03 Å². The lowest BCUT2D eigenvalue weighted by Gasteiger charge is -2.12.